The summed E-state index contributed by atoms with van der Waals surface area (Å²) in [7, 11) is 1.68. The van der Waals surface area contributed by atoms with E-state index in [1.165, 1.54) is 173 Å². The Balaban J connectivity index is 4.10. The van der Waals surface area contributed by atoms with Gasteiger partial charge in [-0.05, 0) is 38.5 Å². The van der Waals surface area contributed by atoms with Crippen LogP contribution in [0.3, 0.4) is 0 Å². The Labute approximate surface area is 348 Å². The summed E-state index contributed by atoms with van der Waals surface area (Å²) in [5.74, 6) is -0.311. The number of hydrogen-bond donors (Lipinski definition) is 1. The van der Waals surface area contributed by atoms with Crippen molar-refractivity contribution in [1.82, 2.24) is 0 Å². The molecular weight excluding hydrogens is 721 g/mol. The molecule has 0 amide bonds. The number of carbonyl (C=O) groups is 1. The molecule has 8 nitrogen and oxygen atoms in total. The predicted molar refractivity (Wildman–Crippen MR) is 238 cm³/mol. The van der Waals surface area contributed by atoms with Crippen LogP contribution in [0.25, 0.3) is 0 Å². The lowest BCUT2D eigenvalue weighted by Gasteiger charge is -2.24. The lowest BCUT2D eigenvalue weighted by molar-refractivity contribution is -0.870. The van der Waals surface area contributed by atoms with Crippen molar-refractivity contribution in [3.63, 3.8) is 0 Å². The van der Waals surface area contributed by atoms with E-state index in [9.17, 15) is 14.3 Å². The van der Waals surface area contributed by atoms with Crippen molar-refractivity contribution < 1.29 is 37.3 Å². The molecular formula is C47H95NO7P+. The molecule has 0 spiro atoms. The van der Waals surface area contributed by atoms with Crippen molar-refractivity contribution >= 4 is 13.8 Å². The van der Waals surface area contributed by atoms with E-state index in [-0.39, 0.29) is 25.8 Å². The van der Waals surface area contributed by atoms with Crippen molar-refractivity contribution in [3.05, 3.63) is 12.2 Å². The van der Waals surface area contributed by atoms with Crippen LogP contribution in [-0.4, -0.2) is 75.6 Å². The van der Waals surface area contributed by atoms with Crippen LogP contribution >= 0.6 is 7.82 Å². The molecule has 0 radical (unpaired) electrons. The number of phosphoric ester groups is 1. The molecule has 0 aromatic rings. The predicted octanol–water partition coefficient (Wildman–Crippen LogP) is 14.2. The van der Waals surface area contributed by atoms with Gasteiger partial charge in [0.2, 0.25) is 0 Å². The van der Waals surface area contributed by atoms with Gasteiger partial charge < -0.3 is 18.9 Å². The molecule has 0 bridgehead atoms. The zero-order valence-electron chi connectivity index (χ0n) is 37.9. The third-order valence-electron chi connectivity index (χ3n) is 10.6. The van der Waals surface area contributed by atoms with Gasteiger partial charge in [-0.3, -0.25) is 13.8 Å². The van der Waals surface area contributed by atoms with E-state index in [1.54, 1.807) is 0 Å². The second-order valence-corrected chi connectivity index (χ2v) is 19.0. The van der Waals surface area contributed by atoms with E-state index in [2.05, 4.69) is 26.0 Å². The Bertz CT molecular complexity index is 909. The molecule has 0 saturated heterocycles. The number of rotatable bonds is 45. The van der Waals surface area contributed by atoms with Crippen LogP contribution in [0.1, 0.15) is 226 Å². The van der Waals surface area contributed by atoms with Crippen LogP contribution in [-0.2, 0) is 27.9 Å². The van der Waals surface area contributed by atoms with E-state index in [0.29, 0.717) is 24.1 Å². The quantitative estimate of drug-likeness (QED) is 0.0215. The summed E-state index contributed by atoms with van der Waals surface area (Å²) in [5.41, 5.74) is 0. The number of esters is 1. The first-order chi connectivity index (χ1) is 27.1. The number of phosphoric acid groups is 1. The van der Waals surface area contributed by atoms with Crippen LogP contribution in [0.5, 0.6) is 0 Å². The van der Waals surface area contributed by atoms with Crippen molar-refractivity contribution in [2.75, 3.05) is 54.1 Å². The Hall–Kier alpha value is -0.760. The summed E-state index contributed by atoms with van der Waals surface area (Å²) in [5, 5.41) is 0. The third kappa shape index (κ3) is 44.3. The Kier molecular flexibility index (Phi) is 40.4. The molecule has 0 aromatic heterocycles. The Morgan fingerprint density at radius 3 is 1.39 bits per heavy atom. The van der Waals surface area contributed by atoms with Crippen molar-refractivity contribution in [2.45, 2.75) is 232 Å². The molecule has 0 heterocycles. The standard InChI is InChI=1S/C47H94NO7P/c1-6-8-10-12-14-16-18-20-21-22-23-24-25-26-27-28-30-32-34-36-38-40-47(49)55-46(45-54-56(50,51)53-43-41-48(3,4)5)44-52-42-39-37-35-33-31-29-19-17-15-13-11-9-7-2/h15,17,46H,6-14,16,18-45H2,1-5H3/p+1/b17-15-. The maximum absolute atomic E-state index is 12.7. The fraction of sp³-hybridized carbons (Fsp3) is 0.936. The van der Waals surface area contributed by atoms with E-state index in [1.807, 2.05) is 21.1 Å². The lowest BCUT2D eigenvalue weighted by Crippen LogP contribution is -2.37. The molecule has 2 unspecified atom stereocenters. The molecule has 56 heavy (non-hydrogen) atoms. The van der Waals surface area contributed by atoms with Gasteiger partial charge >= 0.3 is 13.8 Å². The van der Waals surface area contributed by atoms with Crippen LogP contribution in [0.15, 0.2) is 12.2 Å². The fourth-order valence-electron chi connectivity index (χ4n) is 6.84. The summed E-state index contributed by atoms with van der Waals surface area (Å²) in [4.78, 5) is 22.9. The van der Waals surface area contributed by atoms with Gasteiger partial charge in [-0.25, -0.2) is 4.57 Å². The van der Waals surface area contributed by atoms with Crippen LogP contribution < -0.4 is 0 Å². The van der Waals surface area contributed by atoms with Gasteiger partial charge in [-0.1, -0.05) is 193 Å². The number of hydrogen-bond acceptors (Lipinski definition) is 6. The number of ether oxygens (including phenoxy) is 2. The number of nitrogens with zero attached hydrogens (tertiary/aromatic N) is 1. The van der Waals surface area contributed by atoms with Crippen LogP contribution in [0.4, 0.5) is 0 Å². The lowest BCUT2D eigenvalue weighted by atomic mass is 10.0. The fourth-order valence-corrected chi connectivity index (χ4v) is 7.58. The van der Waals surface area contributed by atoms with Gasteiger partial charge in [0.05, 0.1) is 34.4 Å². The van der Waals surface area contributed by atoms with E-state index >= 15 is 0 Å². The average Bonchev–Trinajstić information content (AvgIpc) is 3.15. The van der Waals surface area contributed by atoms with Gasteiger partial charge in [0.15, 0.2) is 0 Å². The molecule has 0 aliphatic carbocycles. The monoisotopic (exact) mass is 817 g/mol. The summed E-state index contributed by atoms with van der Waals surface area (Å²) >= 11 is 0. The molecule has 0 aromatic carbocycles. The van der Waals surface area contributed by atoms with Crippen molar-refractivity contribution in [1.29, 1.82) is 0 Å². The molecule has 0 aliphatic heterocycles. The summed E-state index contributed by atoms with van der Waals surface area (Å²) in [6, 6.07) is 0. The van der Waals surface area contributed by atoms with Crippen molar-refractivity contribution in [3.8, 4) is 0 Å². The number of likely N-dealkylation sites (N-methyl/N-ethyl adjacent to an activating group) is 1. The SMILES string of the molecule is CCCCC/C=C\CCCCCCCCOCC(COP(=O)(O)OCC[N+](C)(C)C)OC(=O)CCCCCCCCCCCCCCCCCCCCCCC. The molecule has 2 atom stereocenters. The average molecular weight is 817 g/mol. The van der Waals surface area contributed by atoms with E-state index in [4.69, 9.17) is 18.5 Å². The summed E-state index contributed by atoms with van der Waals surface area (Å²) in [6.45, 7) is 5.63. The molecule has 334 valence electrons. The molecule has 0 rings (SSSR count). The summed E-state index contributed by atoms with van der Waals surface area (Å²) < 4.78 is 35.0. The third-order valence-corrected chi connectivity index (χ3v) is 11.6. The smallest absolute Gasteiger partial charge is 0.457 e. The molecule has 1 N–H and O–H groups in total. The van der Waals surface area contributed by atoms with E-state index in [0.717, 1.165) is 32.1 Å². The largest absolute Gasteiger partial charge is 0.472 e. The molecule has 0 fully saturated rings. The summed E-state index contributed by atoms with van der Waals surface area (Å²) in [6.07, 6.45) is 45.3. The second-order valence-electron chi connectivity index (χ2n) is 17.5. The van der Waals surface area contributed by atoms with E-state index < -0.39 is 13.9 Å². The highest BCUT2D eigenvalue weighted by Gasteiger charge is 2.26. The minimum absolute atomic E-state index is 0.0907. The van der Waals surface area contributed by atoms with Gasteiger partial charge in [-0.2, -0.15) is 0 Å². The van der Waals surface area contributed by atoms with Gasteiger partial charge in [0.25, 0.3) is 0 Å². The van der Waals surface area contributed by atoms with Gasteiger partial charge in [-0.15, -0.1) is 0 Å². The number of carbonyl (C=O) groups excluding carboxylic acids is 1. The molecule has 0 saturated carbocycles. The molecule has 0 aliphatic rings. The van der Waals surface area contributed by atoms with Gasteiger partial charge in [0.1, 0.15) is 19.3 Å². The van der Waals surface area contributed by atoms with Crippen LogP contribution in [0.2, 0.25) is 0 Å². The maximum Gasteiger partial charge on any atom is 0.472 e. The highest BCUT2D eigenvalue weighted by Crippen LogP contribution is 2.43. The highest BCUT2D eigenvalue weighted by atomic mass is 31.2. The first-order valence-corrected chi connectivity index (χ1v) is 25.4. The van der Waals surface area contributed by atoms with Crippen molar-refractivity contribution in [2.24, 2.45) is 0 Å². The zero-order valence-corrected chi connectivity index (χ0v) is 38.8. The zero-order chi connectivity index (χ0) is 41.3. The minimum Gasteiger partial charge on any atom is -0.457 e. The normalized spacial score (nSPS) is 13.8. The second kappa shape index (κ2) is 41.0. The molecule has 9 heteroatoms. The first kappa shape index (κ1) is 55.2. The number of allylic oxidation sites excluding steroid dienone is 2. The van der Waals surface area contributed by atoms with Gasteiger partial charge in [0, 0.05) is 13.0 Å². The maximum atomic E-state index is 12.7. The highest BCUT2D eigenvalue weighted by molar-refractivity contribution is 7.47. The first-order valence-electron chi connectivity index (χ1n) is 23.9. The Morgan fingerprint density at radius 1 is 0.536 bits per heavy atom. The minimum atomic E-state index is -4.27. The Morgan fingerprint density at radius 2 is 0.929 bits per heavy atom. The van der Waals surface area contributed by atoms with Crippen LogP contribution in [0, 0.1) is 0 Å². The number of unbranched alkanes of at least 4 members (excludes halogenated alkanes) is 29. The number of quaternary nitrogens is 1. The topological polar surface area (TPSA) is 91.3 Å².